The molecule has 2 aromatic rings. The number of aryl methyl sites for hydroxylation is 1. The summed E-state index contributed by atoms with van der Waals surface area (Å²) in [5, 5.41) is 4.33. The van der Waals surface area contributed by atoms with Gasteiger partial charge in [0.25, 0.3) is 0 Å². The zero-order chi connectivity index (χ0) is 9.42. The molecule has 0 bridgehead atoms. The minimum atomic E-state index is 0.905. The van der Waals surface area contributed by atoms with Crippen LogP contribution in [0.5, 0.6) is 0 Å². The Morgan fingerprint density at radius 3 is 3.00 bits per heavy atom. The lowest BCUT2D eigenvalue weighted by Crippen LogP contribution is -1.84. The molecule has 0 spiro atoms. The average Bonchev–Trinajstić information content (AvgIpc) is 2.60. The maximum absolute atomic E-state index is 6.20. The van der Waals surface area contributed by atoms with Crippen LogP contribution in [0.25, 0.3) is 10.1 Å². The molecule has 0 amide bonds. The summed E-state index contributed by atoms with van der Waals surface area (Å²) >= 11 is 10.2. The summed E-state index contributed by atoms with van der Waals surface area (Å²) in [5.41, 5.74) is 1.39. The van der Waals surface area contributed by atoms with Crippen molar-refractivity contribution in [3.05, 3.63) is 31.7 Å². The predicted molar refractivity (Wildman–Crippen MR) is 68.9 cm³/mol. The van der Waals surface area contributed by atoms with Crippen LogP contribution in [0.3, 0.4) is 0 Å². The number of rotatable bonds is 1. The van der Waals surface area contributed by atoms with Crippen molar-refractivity contribution in [1.82, 2.24) is 0 Å². The van der Waals surface area contributed by atoms with E-state index in [4.69, 9.17) is 11.6 Å². The van der Waals surface area contributed by atoms with Crippen LogP contribution < -0.4 is 0 Å². The molecule has 2 rings (SSSR count). The Labute approximate surface area is 100 Å². The van der Waals surface area contributed by atoms with Crippen LogP contribution in [-0.2, 0) is 6.42 Å². The molecule has 0 unspecified atom stereocenters. The van der Waals surface area contributed by atoms with Gasteiger partial charge in [0, 0.05) is 3.57 Å². The molecule has 0 aliphatic heterocycles. The summed E-state index contributed by atoms with van der Waals surface area (Å²) in [6.45, 7) is 2.18. The molecule has 1 aromatic heterocycles. The SMILES string of the molecule is CCc1cc(I)c(Cl)c2sccc12. The summed E-state index contributed by atoms with van der Waals surface area (Å²) in [5.74, 6) is 0. The molecular weight excluding hydrogens is 315 g/mol. The van der Waals surface area contributed by atoms with Crippen molar-refractivity contribution >= 4 is 55.6 Å². The molecule has 0 saturated heterocycles. The van der Waals surface area contributed by atoms with E-state index >= 15 is 0 Å². The third-order valence-electron chi connectivity index (χ3n) is 2.10. The van der Waals surface area contributed by atoms with E-state index in [1.54, 1.807) is 11.3 Å². The van der Waals surface area contributed by atoms with E-state index in [1.165, 1.54) is 15.6 Å². The third kappa shape index (κ3) is 1.60. The molecule has 1 aromatic carbocycles. The zero-order valence-corrected chi connectivity index (χ0v) is 10.8. The number of halogens is 2. The quantitative estimate of drug-likeness (QED) is 0.666. The lowest BCUT2D eigenvalue weighted by atomic mass is 10.1. The average molecular weight is 323 g/mol. The predicted octanol–water partition coefficient (Wildman–Crippen LogP) is 4.72. The summed E-state index contributed by atoms with van der Waals surface area (Å²) in [4.78, 5) is 0. The van der Waals surface area contributed by atoms with Crippen molar-refractivity contribution in [3.63, 3.8) is 0 Å². The van der Waals surface area contributed by atoms with Crippen LogP contribution in [0.2, 0.25) is 5.02 Å². The van der Waals surface area contributed by atoms with Crippen molar-refractivity contribution < 1.29 is 0 Å². The molecule has 0 nitrogen and oxygen atoms in total. The van der Waals surface area contributed by atoms with Gasteiger partial charge in [0.15, 0.2) is 0 Å². The van der Waals surface area contributed by atoms with Gasteiger partial charge in [0.05, 0.1) is 9.72 Å². The molecule has 0 N–H and O–H groups in total. The minimum absolute atomic E-state index is 0.905. The molecule has 68 valence electrons. The van der Waals surface area contributed by atoms with Gasteiger partial charge in [-0.25, -0.2) is 0 Å². The molecule has 0 aliphatic rings. The zero-order valence-electron chi connectivity index (χ0n) is 7.10. The van der Waals surface area contributed by atoms with E-state index in [1.807, 2.05) is 0 Å². The van der Waals surface area contributed by atoms with E-state index in [0.717, 1.165) is 15.0 Å². The molecule has 3 heteroatoms. The fourth-order valence-corrected chi connectivity index (χ4v) is 3.43. The van der Waals surface area contributed by atoms with Gasteiger partial charge in [-0.05, 0) is 57.5 Å². The standard InChI is InChI=1S/C10H8ClIS/c1-2-6-5-8(12)9(11)10-7(6)3-4-13-10/h3-5H,2H2,1H3. The van der Waals surface area contributed by atoms with Gasteiger partial charge in [-0.3, -0.25) is 0 Å². The van der Waals surface area contributed by atoms with E-state index in [-0.39, 0.29) is 0 Å². The van der Waals surface area contributed by atoms with Crippen LogP contribution in [0.15, 0.2) is 17.5 Å². The fourth-order valence-electron chi connectivity index (χ4n) is 1.43. The van der Waals surface area contributed by atoms with Gasteiger partial charge in [0.1, 0.15) is 0 Å². The Morgan fingerprint density at radius 2 is 2.31 bits per heavy atom. The minimum Gasteiger partial charge on any atom is -0.142 e. The largest absolute Gasteiger partial charge is 0.142 e. The first-order chi connectivity index (χ1) is 6.24. The van der Waals surface area contributed by atoms with Crippen LogP contribution in [0, 0.1) is 3.57 Å². The van der Waals surface area contributed by atoms with Gasteiger partial charge in [0.2, 0.25) is 0 Å². The number of thiophene rings is 1. The lowest BCUT2D eigenvalue weighted by molar-refractivity contribution is 1.16. The highest BCUT2D eigenvalue weighted by Gasteiger charge is 2.08. The highest BCUT2D eigenvalue weighted by atomic mass is 127. The van der Waals surface area contributed by atoms with Crippen molar-refractivity contribution in [2.75, 3.05) is 0 Å². The summed E-state index contributed by atoms with van der Waals surface area (Å²) in [6.07, 6.45) is 1.07. The maximum atomic E-state index is 6.20. The third-order valence-corrected chi connectivity index (χ3v) is 4.71. The summed E-state index contributed by atoms with van der Waals surface area (Å²) < 4.78 is 2.39. The number of benzene rings is 1. The van der Waals surface area contributed by atoms with Crippen LogP contribution in [0.1, 0.15) is 12.5 Å². The number of hydrogen-bond donors (Lipinski definition) is 0. The second-order valence-corrected chi connectivity index (χ2v) is 5.30. The highest BCUT2D eigenvalue weighted by molar-refractivity contribution is 14.1. The van der Waals surface area contributed by atoms with E-state index in [9.17, 15) is 0 Å². The van der Waals surface area contributed by atoms with Crippen LogP contribution in [-0.4, -0.2) is 0 Å². The number of fused-ring (bicyclic) bond motifs is 1. The molecule has 1 heterocycles. The van der Waals surface area contributed by atoms with E-state index in [2.05, 4.69) is 47.0 Å². The van der Waals surface area contributed by atoms with Crippen molar-refractivity contribution in [2.24, 2.45) is 0 Å². The van der Waals surface area contributed by atoms with E-state index < -0.39 is 0 Å². The molecular formula is C10H8ClIS. The fraction of sp³-hybridized carbons (Fsp3) is 0.200. The topological polar surface area (TPSA) is 0 Å². The summed E-state index contributed by atoms with van der Waals surface area (Å²) in [6, 6.07) is 4.33. The Hall–Kier alpha value is 0.200. The Bertz CT molecular complexity index is 447. The Morgan fingerprint density at radius 1 is 1.54 bits per heavy atom. The Kier molecular flexibility index (Phi) is 2.81. The van der Waals surface area contributed by atoms with Crippen LogP contribution in [0.4, 0.5) is 0 Å². The van der Waals surface area contributed by atoms with Crippen molar-refractivity contribution in [2.45, 2.75) is 13.3 Å². The molecule has 0 fully saturated rings. The molecule has 0 radical (unpaired) electrons. The van der Waals surface area contributed by atoms with Gasteiger partial charge in [-0.15, -0.1) is 11.3 Å². The second-order valence-electron chi connectivity index (χ2n) is 2.85. The first kappa shape index (κ1) is 9.74. The summed E-state index contributed by atoms with van der Waals surface area (Å²) in [7, 11) is 0. The molecule has 13 heavy (non-hydrogen) atoms. The van der Waals surface area contributed by atoms with E-state index in [0.29, 0.717) is 0 Å². The van der Waals surface area contributed by atoms with Gasteiger partial charge in [-0.1, -0.05) is 18.5 Å². The smallest absolute Gasteiger partial charge is 0.0717 e. The molecule has 0 saturated carbocycles. The monoisotopic (exact) mass is 322 g/mol. The lowest BCUT2D eigenvalue weighted by Gasteiger charge is -2.03. The maximum Gasteiger partial charge on any atom is 0.0717 e. The normalized spacial score (nSPS) is 11.0. The number of hydrogen-bond acceptors (Lipinski definition) is 1. The first-order valence-electron chi connectivity index (χ1n) is 4.08. The van der Waals surface area contributed by atoms with Crippen LogP contribution >= 0.6 is 45.5 Å². The van der Waals surface area contributed by atoms with Crippen molar-refractivity contribution in [1.29, 1.82) is 0 Å². The second kappa shape index (κ2) is 3.75. The van der Waals surface area contributed by atoms with Gasteiger partial charge < -0.3 is 0 Å². The highest BCUT2D eigenvalue weighted by Crippen LogP contribution is 2.35. The molecule has 0 aliphatic carbocycles. The van der Waals surface area contributed by atoms with Gasteiger partial charge >= 0.3 is 0 Å². The molecule has 0 atom stereocenters. The van der Waals surface area contributed by atoms with Crippen molar-refractivity contribution in [3.8, 4) is 0 Å². The first-order valence-corrected chi connectivity index (χ1v) is 6.41. The van der Waals surface area contributed by atoms with Gasteiger partial charge in [-0.2, -0.15) is 0 Å². The Balaban J connectivity index is 2.87.